The fourth-order valence-corrected chi connectivity index (χ4v) is 7.73. The lowest BCUT2D eigenvalue weighted by atomic mass is 10.1. The van der Waals surface area contributed by atoms with E-state index in [1.54, 1.807) is 0 Å². The van der Waals surface area contributed by atoms with Gasteiger partial charge in [-0.2, -0.15) is 0 Å². The van der Waals surface area contributed by atoms with Crippen molar-refractivity contribution in [2.45, 2.75) is 0 Å². The Labute approximate surface area is 284 Å². The van der Waals surface area contributed by atoms with Crippen molar-refractivity contribution in [3.8, 4) is 11.4 Å². The van der Waals surface area contributed by atoms with E-state index in [1.807, 2.05) is 0 Å². The van der Waals surface area contributed by atoms with E-state index in [2.05, 4.69) is 202 Å². The summed E-state index contributed by atoms with van der Waals surface area (Å²) >= 11 is 0. The molecule has 0 bridgehead atoms. The van der Waals surface area contributed by atoms with Crippen LogP contribution < -0.4 is 4.90 Å². The van der Waals surface area contributed by atoms with E-state index in [1.165, 1.54) is 54.4 Å². The van der Waals surface area contributed by atoms with Crippen molar-refractivity contribution < 1.29 is 0 Å². The molecule has 0 saturated heterocycles. The molecule has 10 rings (SSSR count). The second kappa shape index (κ2) is 11.0. The molecule has 10 aromatic rings. The minimum Gasteiger partial charge on any atom is -0.310 e. The number of hydrogen-bond acceptors (Lipinski definition) is 1. The molecule has 0 spiro atoms. The van der Waals surface area contributed by atoms with E-state index < -0.39 is 0 Å². The summed E-state index contributed by atoms with van der Waals surface area (Å²) < 4.78 is 4.79. The SMILES string of the molecule is c1ccc(N(c2ccc(-n3c4ccccc4c4cc5ccccc5cc43)cc2)c2cccc3c2c2ccccc2n3-c2ccccc2)cc1. The quantitative estimate of drug-likeness (QED) is 0.185. The summed E-state index contributed by atoms with van der Waals surface area (Å²) in [5.74, 6) is 0. The van der Waals surface area contributed by atoms with Gasteiger partial charge in [-0.1, -0.05) is 103 Å². The zero-order valence-corrected chi connectivity index (χ0v) is 26.7. The van der Waals surface area contributed by atoms with E-state index in [9.17, 15) is 0 Å². The van der Waals surface area contributed by atoms with Gasteiger partial charge >= 0.3 is 0 Å². The highest BCUT2D eigenvalue weighted by atomic mass is 15.1. The monoisotopic (exact) mass is 625 g/mol. The van der Waals surface area contributed by atoms with Crippen molar-refractivity contribution in [2.24, 2.45) is 0 Å². The first-order chi connectivity index (χ1) is 24.3. The van der Waals surface area contributed by atoms with Gasteiger partial charge in [0.25, 0.3) is 0 Å². The average molecular weight is 626 g/mol. The summed E-state index contributed by atoms with van der Waals surface area (Å²) in [5.41, 5.74) is 10.4. The van der Waals surface area contributed by atoms with Gasteiger partial charge in [-0.3, -0.25) is 0 Å². The van der Waals surface area contributed by atoms with Crippen LogP contribution in [0.4, 0.5) is 17.1 Å². The lowest BCUT2D eigenvalue weighted by Crippen LogP contribution is -2.10. The summed E-state index contributed by atoms with van der Waals surface area (Å²) in [6, 6.07) is 67.9. The van der Waals surface area contributed by atoms with Gasteiger partial charge in [0.15, 0.2) is 0 Å². The Bertz CT molecular complexity index is 2810. The first-order valence-corrected chi connectivity index (χ1v) is 16.8. The molecule has 0 atom stereocenters. The summed E-state index contributed by atoms with van der Waals surface area (Å²) in [6.07, 6.45) is 0. The Hall–Kier alpha value is -6.58. The largest absolute Gasteiger partial charge is 0.310 e. The lowest BCUT2D eigenvalue weighted by molar-refractivity contribution is 1.17. The zero-order chi connectivity index (χ0) is 32.3. The zero-order valence-electron chi connectivity index (χ0n) is 26.7. The van der Waals surface area contributed by atoms with Crippen molar-refractivity contribution >= 4 is 71.4 Å². The second-order valence-electron chi connectivity index (χ2n) is 12.6. The van der Waals surface area contributed by atoms with Gasteiger partial charge in [0.05, 0.1) is 27.8 Å². The summed E-state index contributed by atoms with van der Waals surface area (Å²) in [6.45, 7) is 0. The van der Waals surface area contributed by atoms with Gasteiger partial charge in [-0.15, -0.1) is 0 Å². The van der Waals surface area contributed by atoms with Crippen LogP contribution in [0.2, 0.25) is 0 Å². The Morgan fingerprint density at radius 1 is 0.327 bits per heavy atom. The van der Waals surface area contributed by atoms with E-state index in [0.29, 0.717) is 0 Å². The molecule has 8 aromatic carbocycles. The minimum absolute atomic E-state index is 1.10. The predicted molar refractivity (Wildman–Crippen MR) is 207 cm³/mol. The van der Waals surface area contributed by atoms with Gasteiger partial charge in [-0.25, -0.2) is 0 Å². The number of fused-ring (bicyclic) bond motifs is 7. The van der Waals surface area contributed by atoms with Crippen LogP contribution in [-0.2, 0) is 0 Å². The molecule has 0 N–H and O–H groups in total. The molecule has 3 heteroatoms. The maximum absolute atomic E-state index is 2.40. The maximum Gasteiger partial charge on any atom is 0.0562 e. The Kier molecular flexibility index (Phi) is 6.18. The molecule has 0 saturated carbocycles. The van der Waals surface area contributed by atoms with E-state index in [-0.39, 0.29) is 0 Å². The van der Waals surface area contributed by atoms with E-state index in [4.69, 9.17) is 0 Å². The molecule has 0 aliphatic heterocycles. The number of rotatable bonds is 5. The van der Waals surface area contributed by atoms with Gasteiger partial charge in [0.2, 0.25) is 0 Å². The van der Waals surface area contributed by atoms with Crippen LogP contribution in [0.15, 0.2) is 188 Å². The third kappa shape index (κ3) is 4.29. The fourth-order valence-electron chi connectivity index (χ4n) is 7.73. The van der Waals surface area contributed by atoms with Gasteiger partial charge in [0.1, 0.15) is 0 Å². The number of nitrogens with zero attached hydrogens (tertiary/aromatic N) is 3. The Morgan fingerprint density at radius 2 is 0.857 bits per heavy atom. The molecule has 49 heavy (non-hydrogen) atoms. The number of para-hydroxylation sites is 4. The third-order valence-corrected chi connectivity index (χ3v) is 9.85. The van der Waals surface area contributed by atoms with Crippen LogP contribution in [0.3, 0.4) is 0 Å². The fraction of sp³-hybridized carbons (Fsp3) is 0. The average Bonchev–Trinajstić information content (AvgIpc) is 3.68. The smallest absolute Gasteiger partial charge is 0.0562 e. The maximum atomic E-state index is 2.40. The molecule has 0 aliphatic carbocycles. The molecule has 0 amide bonds. The van der Waals surface area contributed by atoms with Crippen LogP contribution in [0.1, 0.15) is 0 Å². The molecular weight excluding hydrogens is 595 g/mol. The van der Waals surface area contributed by atoms with Crippen LogP contribution in [0.5, 0.6) is 0 Å². The van der Waals surface area contributed by atoms with Crippen LogP contribution >= 0.6 is 0 Å². The Morgan fingerprint density at radius 3 is 1.61 bits per heavy atom. The van der Waals surface area contributed by atoms with Crippen LogP contribution in [0.25, 0.3) is 65.8 Å². The number of anilines is 3. The molecule has 0 aliphatic rings. The number of hydrogen-bond donors (Lipinski definition) is 0. The van der Waals surface area contributed by atoms with Gasteiger partial charge in [0, 0.05) is 44.3 Å². The molecule has 3 nitrogen and oxygen atoms in total. The van der Waals surface area contributed by atoms with E-state index in [0.717, 1.165) is 28.4 Å². The van der Waals surface area contributed by atoms with Crippen molar-refractivity contribution in [2.75, 3.05) is 4.90 Å². The van der Waals surface area contributed by atoms with E-state index >= 15 is 0 Å². The highest BCUT2D eigenvalue weighted by molar-refractivity contribution is 6.17. The highest BCUT2D eigenvalue weighted by Gasteiger charge is 2.21. The number of benzene rings is 8. The molecule has 0 fully saturated rings. The summed E-state index contributed by atoms with van der Waals surface area (Å²) in [7, 11) is 0. The Balaban J connectivity index is 1.19. The third-order valence-electron chi connectivity index (χ3n) is 9.85. The van der Waals surface area contributed by atoms with Crippen molar-refractivity contribution in [3.63, 3.8) is 0 Å². The highest BCUT2D eigenvalue weighted by Crippen LogP contribution is 2.44. The number of aromatic nitrogens is 2. The summed E-state index contributed by atoms with van der Waals surface area (Å²) in [5, 5.41) is 7.49. The topological polar surface area (TPSA) is 13.1 Å². The second-order valence-corrected chi connectivity index (χ2v) is 12.6. The first-order valence-electron chi connectivity index (χ1n) is 16.8. The normalized spacial score (nSPS) is 11.7. The molecule has 230 valence electrons. The molecule has 2 heterocycles. The van der Waals surface area contributed by atoms with Crippen molar-refractivity contribution in [1.82, 2.24) is 9.13 Å². The van der Waals surface area contributed by atoms with Crippen LogP contribution in [-0.4, -0.2) is 9.13 Å². The van der Waals surface area contributed by atoms with Gasteiger partial charge < -0.3 is 14.0 Å². The first kappa shape index (κ1) is 27.5. The van der Waals surface area contributed by atoms with Crippen molar-refractivity contribution in [3.05, 3.63) is 188 Å². The lowest BCUT2D eigenvalue weighted by Gasteiger charge is -2.27. The van der Waals surface area contributed by atoms with Gasteiger partial charge in [-0.05, 0) is 95.7 Å². The molecule has 0 unspecified atom stereocenters. The minimum atomic E-state index is 1.10. The standard InChI is InChI=1S/C46H31N3/c1-3-16-34(17-4-1)47(43-24-13-25-44-46(43)39-21-10-12-23-42(39)48(44)35-18-5-2-6-19-35)36-26-28-37(29-27-36)49-41-22-11-9-20-38(41)40-30-32-14-7-8-15-33(32)31-45(40)49/h1-31H. The van der Waals surface area contributed by atoms with Crippen molar-refractivity contribution in [1.29, 1.82) is 0 Å². The predicted octanol–water partition coefficient (Wildman–Crippen LogP) is 12.5. The summed E-state index contributed by atoms with van der Waals surface area (Å²) in [4.78, 5) is 2.40. The van der Waals surface area contributed by atoms with Crippen LogP contribution in [0, 0.1) is 0 Å². The molecular formula is C46H31N3. The molecule has 2 aromatic heterocycles. The molecule has 0 radical (unpaired) electrons.